The van der Waals surface area contributed by atoms with E-state index in [1.54, 1.807) is 49.9 Å². The highest BCUT2D eigenvalue weighted by atomic mass is 35.5. The van der Waals surface area contributed by atoms with E-state index < -0.39 is 32.5 Å². The van der Waals surface area contributed by atoms with Crippen LogP contribution >= 0.6 is 11.6 Å². The summed E-state index contributed by atoms with van der Waals surface area (Å²) in [6.45, 7) is 8.20. The lowest BCUT2D eigenvalue weighted by molar-refractivity contribution is 0.0218. The van der Waals surface area contributed by atoms with Crippen molar-refractivity contribution in [3.05, 3.63) is 53.4 Å². The van der Waals surface area contributed by atoms with Gasteiger partial charge in [-0.05, 0) is 39.1 Å². The molecule has 0 unspecified atom stereocenters. The number of carbonyl (C=O) groups is 1. The van der Waals surface area contributed by atoms with Crippen molar-refractivity contribution in [1.29, 1.82) is 0 Å². The summed E-state index contributed by atoms with van der Waals surface area (Å²) in [7, 11) is -3.89. The molecule has 2 aromatic heterocycles. The molecular weight excluding hydrogens is 557 g/mol. The first-order valence-corrected chi connectivity index (χ1v) is 15.0. The number of anilines is 1. The maximum Gasteiger partial charge on any atom is 0.410 e. The fourth-order valence-electron chi connectivity index (χ4n) is 4.85. The zero-order chi connectivity index (χ0) is 29.0. The fraction of sp³-hybridized carbons (Fsp3) is 0.357. The second-order valence-corrected chi connectivity index (χ2v) is 13.2. The maximum atomic E-state index is 16.3. The van der Waals surface area contributed by atoms with Crippen LogP contribution in [0, 0.1) is 5.82 Å². The van der Waals surface area contributed by atoms with Gasteiger partial charge in [-0.2, -0.15) is 0 Å². The van der Waals surface area contributed by atoms with E-state index in [9.17, 15) is 13.2 Å². The Morgan fingerprint density at radius 1 is 1.12 bits per heavy atom. The lowest BCUT2D eigenvalue weighted by Gasteiger charge is -2.41. The van der Waals surface area contributed by atoms with Crippen LogP contribution in [0.15, 0.2) is 47.8 Å². The van der Waals surface area contributed by atoms with Crippen molar-refractivity contribution in [3.8, 4) is 11.3 Å². The Bertz CT molecular complexity index is 1750. The van der Waals surface area contributed by atoms with Crippen molar-refractivity contribution >= 4 is 55.0 Å². The average molecular weight is 586 g/mol. The highest BCUT2D eigenvalue weighted by Crippen LogP contribution is 2.37. The molecule has 4 aromatic rings. The van der Waals surface area contributed by atoms with Crippen molar-refractivity contribution in [2.75, 3.05) is 30.8 Å². The zero-order valence-corrected chi connectivity index (χ0v) is 24.3. The van der Waals surface area contributed by atoms with Crippen molar-refractivity contribution in [2.45, 2.75) is 44.5 Å². The normalized spacial score (nSPS) is 16.5. The first-order valence-electron chi connectivity index (χ1n) is 12.7. The maximum absolute atomic E-state index is 16.3. The SMILES string of the molecule is C[C@H]1CN(C(=O)OC(C)(C)C)CCN1c1nc(S(C)(=O)=O)nc2c(F)c(-c3cccc4cccc(Cl)c34)ncc12. The van der Waals surface area contributed by atoms with Crippen LogP contribution in [0.25, 0.3) is 32.9 Å². The fourth-order valence-corrected chi connectivity index (χ4v) is 5.64. The van der Waals surface area contributed by atoms with Gasteiger partial charge < -0.3 is 14.5 Å². The van der Waals surface area contributed by atoms with Gasteiger partial charge in [0.25, 0.3) is 0 Å². The van der Waals surface area contributed by atoms with Gasteiger partial charge in [0.15, 0.2) is 5.82 Å². The van der Waals surface area contributed by atoms with Crippen molar-refractivity contribution in [1.82, 2.24) is 19.9 Å². The lowest BCUT2D eigenvalue weighted by atomic mass is 10.0. The lowest BCUT2D eigenvalue weighted by Crippen LogP contribution is -2.55. The van der Waals surface area contributed by atoms with Gasteiger partial charge in [-0.25, -0.2) is 27.6 Å². The summed E-state index contributed by atoms with van der Waals surface area (Å²) < 4.78 is 46.9. The molecule has 40 heavy (non-hydrogen) atoms. The number of amides is 1. The van der Waals surface area contributed by atoms with E-state index in [-0.39, 0.29) is 28.5 Å². The highest BCUT2D eigenvalue weighted by Gasteiger charge is 2.33. The molecule has 3 heterocycles. The number of ether oxygens (including phenoxy) is 1. The second kappa shape index (κ2) is 10.1. The number of hydrogen-bond acceptors (Lipinski definition) is 8. The Labute approximate surface area is 236 Å². The number of piperazine rings is 1. The van der Waals surface area contributed by atoms with Crippen LogP contribution in [-0.2, 0) is 14.6 Å². The van der Waals surface area contributed by atoms with Gasteiger partial charge in [0.1, 0.15) is 22.6 Å². The number of nitrogens with zero attached hydrogens (tertiary/aromatic N) is 5. The van der Waals surface area contributed by atoms with E-state index in [4.69, 9.17) is 16.3 Å². The molecule has 12 heteroatoms. The number of sulfone groups is 1. The first kappa shape index (κ1) is 28.0. The Balaban J connectivity index is 1.63. The van der Waals surface area contributed by atoms with Gasteiger partial charge in [0.2, 0.25) is 15.0 Å². The van der Waals surface area contributed by atoms with Crippen molar-refractivity contribution in [2.24, 2.45) is 0 Å². The summed E-state index contributed by atoms with van der Waals surface area (Å²) in [6.07, 6.45) is 2.00. The molecule has 5 rings (SSSR count). The number of aromatic nitrogens is 3. The van der Waals surface area contributed by atoms with Gasteiger partial charge in [0, 0.05) is 54.1 Å². The van der Waals surface area contributed by atoms with Crippen LogP contribution in [0.5, 0.6) is 0 Å². The molecule has 0 spiro atoms. The second-order valence-electron chi connectivity index (χ2n) is 10.9. The first-order chi connectivity index (χ1) is 18.7. The Hall–Kier alpha value is -3.57. The molecule has 1 amide bonds. The predicted molar refractivity (Wildman–Crippen MR) is 153 cm³/mol. The van der Waals surface area contributed by atoms with E-state index in [2.05, 4.69) is 15.0 Å². The minimum absolute atomic E-state index is 0.00176. The number of hydrogen-bond donors (Lipinski definition) is 0. The summed E-state index contributed by atoms with van der Waals surface area (Å²) >= 11 is 6.48. The molecular formula is C28H29ClFN5O4S. The van der Waals surface area contributed by atoms with E-state index in [1.165, 1.54) is 6.20 Å². The molecule has 1 fully saturated rings. The molecule has 210 valence electrons. The van der Waals surface area contributed by atoms with Gasteiger partial charge in [-0.15, -0.1) is 0 Å². The number of rotatable bonds is 3. The summed E-state index contributed by atoms with van der Waals surface area (Å²) in [5, 5.41) is 1.64. The smallest absolute Gasteiger partial charge is 0.410 e. The minimum atomic E-state index is -3.89. The number of fused-ring (bicyclic) bond motifs is 2. The monoisotopic (exact) mass is 585 g/mol. The number of halogens is 2. The molecule has 2 aromatic carbocycles. The van der Waals surface area contributed by atoms with Crippen molar-refractivity contribution in [3.63, 3.8) is 0 Å². The van der Waals surface area contributed by atoms with Crippen LogP contribution < -0.4 is 4.90 Å². The summed E-state index contributed by atoms with van der Waals surface area (Å²) in [6, 6.07) is 10.5. The molecule has 1 aliphatic heterocycles. The third kappa shape index (κ3) is 5.27. The van der Waals surface area contributed by atoms with Crippen LogP contribution in [0.3, 0.4) is 0 Å². The van der Waals surface area contributed by atoms with Gasteiger partial charge in [-0.1, -0.05) is 41.9 Å². The van der Waals surface area contributed by atoms with Gasteiger partial charge in [0.05, 0.1) is 5.39 Å². The number of carbonyl (C=O) groups excluding carboxylic acids is 1. The van der Waals surface area contributed by atoms with Gasteiger partial charge >= 0.3 is 6.09 Å². The van der Waals surface area contributed by atoms with E-state index >= 15 is 4.39 Å². The molecule has 1 saturated heterocycles. The highest BCUT2D eigenvalue weighted by molar-refractivity contribution is 7.90. The molecule has 0 saturated carbocycles. The topological polar surface area (TPSA) is 106 Å². The molecule has 0 radical (unpaired) electrons. The predicted octanol–water partition coefficient (Wildman–Crippen LogP) is 5.49. The van der Waals surface area contributed by atoms with E-state index in [0.717, 1.165) is 11.6 Å². The Morgan fingerprint density at radius 2 is 1.82 bits per heavy atom. The molecule has 0 N–H and O–H groups in total. The van der Waals surface area contributed by atoms with E-state index in [1.807, 2.05) is 24.0 Å². The van der Waals surface area contributed by atoms with Crippen LogP contribution in [0.2, 0.25) is 5.02 Å². The number of pyridine rings is 1. The molecule has 9 nitrogen and oxygen atoms in total. The molecule has 0 bridgehead atoms. The molecule has 1 aliphatic rings. The molecule has 1 atom stereocenters. The quantitative estimate of drug-likeness (QED) is 0.291. The van der Waals surface area contributed by atoms with E-state index in [0.29, 0.717) is 35.6 Å². The van der Waals surface area contributed by atoms with Gasteiger partial charge in [-0.3, -0.25) is 4.98 Å². The average Bonchev–Trinajstić information content (AvgIpc) is 2.87. The summed E-state index contributed by atoms with van der Waals surface area (Å²) in [5.74, 6) is -0.547. The zero-order valence-electron chi connectivity index (χ0n) is 22.8. The van der Waals surface area contributed by atoms with Crippen molar-refractivity contribution < 1.29 is 22.3 Å². The third-order valence-corrected chi connectivity index (χ3v) is 7.80. The minimum Gasteiger partial charge on any atom is -0.444 e. The van der Waals surface area contributed by atoms with Crippen LogP contribution in [-0.4, -0.2) is 71.9 Å². The largest absolute Gasteiger partial charge is 0.444 e. The third-order valence-electron chi connectivity index (χ3n) is 6.64. The van der Waals surface area contributed by atoms with Crippen LogP contribution in [0.1, 0.15) is 27.7 Å². The Morgan fingerprint density at radius 3 is 2.48 bits per heavy atom. The van der Waals surface area contributed by atoms with Crippen LogP contribution in [0.4, 0.5) is 15.0 Å². The standard InChI is InChI=1S/C28H29ClFN5O4S/c1-16-15-34(27(36)39-28(2,3)4)12-13-35(16)25-19-14-31-23(22(30)24(19)32-26(33-25)40(5,37)38)18-10-6-8-17-9-7-11-20(29)21(17)18/h6-11,14,16H,12-13,15H2,1-5H3/t16-/m0/s1. The summed E-state index contributed by atoms with van der Waals surface area (Å²) in [5.41, 5.74) is -0.345. The number of benzene rings is 2. The Kier molecular flexibility index (Phi) is 7.08. The molecule has 0 aliphatic carbocycles. The summed E-state index contributed by atoms with van der Waals surface area (Å²) in [4.78, 5) is 29.0.